The van der Waals surface area contributed by atoms with Crippen molar-refractivity contribution in [1.82, 2.24) is 9.88 Å². The lowest BCUT2D eigenvalue weighted by Crippen LogP contribution is -2.37. The molecule has 1 aromatic carbocycles. The number of hydrogen-bond acceptors (Lipinski definition) is 3. The summed E-state index contributed by atoms with van der Waals surface area (Å²) in [4.78, 5) is 30.1. The minimum absolute atomic E-state index is 0.0605. The van der Waals surface area contributed by atoms with Gasteiger partial charge in [0.2, 0.25) is 0 Å². The number of aromatic amines is 1. The number of H-pyrrole nitrogens is 1. The number of piperidine rings is 1. The van der Waals surface area contributed by atoms with Crippen LogP contribution in [-0.4, -0.2) is 35.7 Å². The first kappa shape index (κ1) is 20.0. The summed E-state index contributed by atoms with van der Waals surface area (Å²) in [7, 11) is 0. The quantitative estimate of drug-likeness (QED) is 0.681. The highest BCUT2D eigenvalue weighted by Crippen LogP contribution is 2.37. The second-order valence-corrected chi connectivity index (χ2v) is 8.50. The summed E-state index contributed by atoms with van der Waals surface area (Å²) in [6.45, 7) is 5.58. The molecule has 1 amide bonds. The van der Waals surface area contributed by atoms with Gasteiger partial charge in [0.25, 0.3) is 0 Å². The maximum Gasteiger partial charge on any atom is 0.409 e. The molecule has 0 atom stereocenters. The number of fused-ring (bicyclic) bond motifs is 2. The number of aromatic nitrogens is 1. The van der Waals surface area contributed by atoms with Crippen LogP contribution in [0, 0.1) is 6.92 Å². The Bertz CT molecular complexity index is 1040. The highest BCUT2D eigenvalue weighted by molar-refractivity contribution is 9.10. The Morgan fingerprint density at radius 2 is 1.97 bits per heavy atom. The van der Waals surface area contributed by atoms with Crippen LogP contribution in [0.1, 0.15) is 47.7 Å². The number of carbonyl (C=O) groups excluding carboxylic acids is 1. The van der Waals surface area contributed by atoms with Gasteiger partial charge in [0.15, 0.2) is 5.43 Å². The Balaban J connectivity index is 1.82. The minimum atomic E-state index is -0.244. The predicted molar refractivity (Wildman–Crippen MR) is 117 cm³/mol. The van der Waals surface area contributed by atoms with Crippen LogP contribution >= 0.6 is 15.9 Å². The van der Waals surface area contributed by atoms with Crippen molar-refractivity contribution in [3.63, 3.8) is 0 Å². The summed E-state index contributed by atoms with van der Waals surface area (Å²) in [6, 6.07) is 6.55. The monoisotopic (exact) mass is 456 g/mol. The Labute approximate surface area is 178 Å². The molecule has 0 bridgehead atoms. The fourth-order valence-corrected chi connectivity index (χ4v) is 4.72. The number of nitrogens with zero attached hydrogens (tertiary/aromatic N) is 1. The minimum Gasteiger partial charge on any atom is -0.450 e. The van der Waals surface area contributed by atoms with Crippen molar-refractivity contribution in [2.24, 2.45) is 0 Å². The molecule has 2 aliphatic rings. The number of amides is 1. The summed E-state index contributed by atoms with van der Waals surface area (Å²) < 4.78 is 5.72. The first-order chi connectivity index (χ1) is 14.0. The van der Waals surface area contributed by atoms with Gasteiger partial charge in [-0.25, -0.2) is 4.79 Å². The molecule has 0 spiro atoms. The van der Waals surface area contributed by atoms with Gasteiger partial charge in [-0.1, -0.05) is 29.3 Å². The summed E-state index contributed by atoms with van der Waals surface area (Å²) in [6.07, 6.45) is 4.61. The molecule has 0 unspecified atom stereocenters. The van der Waals surface area contributed by atoms with Crippen LogP contribution in [0.2, 0.25) is 0 Å². The van der Waals surface area contributed by atoms with Crippen molar-refractivity contribution < 1.29 is 9.53 Å². The fraction of sp³-hybridized carbons (Fsp3) is 0.391. The molecular formula is C23H25BrN2O3. The number of hydrogen-bond donors (Lipinski definition) is 1. The lowest BCUT2D eigenvalue weighted by Gasteiger charge is -2.29. The number of nitrogens with one attached hydrogen (secondary N) is 1. The van der Waals surface area contributed by atoms with E-state index in [1.807, 2.05) is 6.92 Å². The third kappa shape index (κ3) is 3.78. The highest BCUT2D eigenvalue weighted by atomic mass is 79.9. The zero-order valence-corrected chi connectivity index (χ0v) is 18.4. The Morgan fingerprint density at radius 3 is 2.69 bits per heavy atom. The van der Waals surface area contributed by atoms with Gasteiger partial charge in [-0.2, -0.15) is 0 Å². The van der Waals surface area contributed by atoms with Crippen LogP contribution in [0.3, 0.4) is 0 Å². The number of aryl methyl sites for hydroxylation is 2. The Morgan fingerprint density at radius 1 is 1.21 bits per heavy atom. The standard InChI is InChI=1S/C23H25BrN2O3/c1-3-29-23(28)26-10-8-15(9-11-26)20-17-6-4-14(2)12-16(17)5-7-18-21(20)25-13-19(24)22(18)27/h4,6,12-13H,3,5,7-11H2,1-2H3,(H,25,27). The average Bonchev–Trinajstić information content (AvgIpc) is 2.88. The third-order valence-electron chi connectivity index (χ3n) is 5.81. The molecule has 4 rings (SSSR count). The molecule has 152 valence electrons. The van der Waals surface area contributed by atoms with Crippen molar-refractivity contribution >= 4 is 27.6 Å². The summed E-state index contributed by atoms with van der Waals surface area (Å²) in [5, 5.41) is 0. The summed E-state index contributed by atoms with van der Waals surface area (Å²) in [5.74, 6) is 0. The van der Waals surface area contributed by atoms with Gasteiger partial charge in [-0.15, -0.1) is 0 Å². The van der Waals surface area contributed by atoms with Crippen LogP contribution in [-0.2, 0) is 17.6 Å². The molecule has 2 heterocycles. The van der Waals surface area contributed by atoms with Crippen molar-refractivity contribution in [3.8, 4) is 0 Å². The van der Waals surface area contributed by atoms with Crippen molar-refractivity contribution in [2.45, 2.75) is 39.5 Å². The zero-order valence-electron chi connectivity index (χ0n) is 16.8. The SMILES string of the molecule is CCOC(=O)N1CCC(=C2c3ccc(C)cc3CCc3c2[nH]cc(Br)c3=O)CC1. The number of likely N-dealkylation sites (tertiary alicyclic amines) is 1. The summed E-state index contributed by atoms with van der Waals surface area (Å²) in [5.41, 5.74) is 7.96. The number of ether oxygens (including phenoxy) is 1. The highest BCUT2D eigenvalue weighted by Gasteiger charge is 2.27. The smallest absolute Gasteiger partial charge is 0.409 e. The lowest BCUT2D eigenvalue weighted by molar-refractivity contribution is 0.104. The second kappa shape index (κ2) is 8.19. The molecule has 1 aliphatic carbocycles. The number of pyridine rings is 1. The van der Waals surface area contributed by atoms with Crippen LogP contribution in [0.4, 0.5) is 4.79 Å². The van der Waals surface area contributed by atoms with E-state index in [0.29, 0.717) is 30.6 Å². The summed E-state index contributed by atoms with van der Waals surface area (Å²) >= 11 is 3.38. The average molecular weight is 457 g/mol. The normalized spacial score (nSPS) is 16.2. The zero-order chi connectivity index (χ0) is 20.5. The lowest BCUT2D eigenvalue weighted by atomic mass is 9.88. The molecule has 1 fully saturated rings. The number of halogens is 1. The van der Waals surface area contributed by atoms with Gasteiger partial charge in [0.05, 0.1) is 16.8 Å². The molecule has 1 aromatic heterocycles. The topological polar surface area (TPSA) is 62.4 Å². The molecule has 5 nitrogen and oxygen atoms in total. The maximum atomic E-state index is 12.9. The van der Waals surface area contributed by atoms with Crippen LogP contribution in [0.25, 0.3) is 5.57 Å². The van der Waals surface area contributed by atoms with Crippen LogP contribution in [0.15, 0.2) is 39.2 Å². The fourth-order valence-electron chi connectivity index (χ4n) is 4.37. The second-order valence-electron chi connectivity index (χ2n) is 7.64. The van der Waals surface area contributed by atoms with Crippen molar-refractivity contribution in [3.05, 3.63) is 72.6 Å². The first-order valence-electron chi connectivity index (χ1n) is 10.1. The first-order valence-corrected chi connectivity index (χ1v) is 10.9. The molecular weight excluding hydrogens is 432 g/mol. The van der Waals surface area contributed by atoms with Crippen LogP contribution in [0.5, 0.6) is 0 Å². The largest absolute Gasteiger partial charge is 0.450 e. The molecule has 2 aromatic rings. The molecule has 0 saturated carbocycles. The number of rotatable bonds is 1. The van der Waals surface area contributed by atoms with E-state index in [9.17, 15) is 9.59 Å². The van der Waals surface area contributed by atoms with E-state index in [2.05, 4.69) is 46.0 Å². The van der Waals surface area contributed by atoms with E-state index in [4.69, 9.17) is 4.74 Å². The van der Waals surface area contributed by atoms with Gasteiger partial charge in [-0.05, 0) is 66.6 Å². The maximum absolute atomic E-state index is 12.9. The van der Waals surface area contributed by atoms with Gasteiger partial charge in [0.1, 0.15) is 0 Å². The van der Waals surface area contributed by atoms with Gasteiger partial charge < -0.3 is 14.6 Å². The van der Waals surface area contributed by atoms with E-state index in [-0.39, 0.29) is 11.5 Å². The Kier molecular flexibility index (Phi) is 5.63. The molecule has 29 heavy (non-hydrogen) atoms. The predicted octanol–water partition coefficient (Wildman–Crippen LogP) is 4.60. The number of carbonyl (C=O) groups is 1. The van der Waals surface area contributed by atoms with Crippen LogP contribution < -0.4 is 5.43 Å². The number of benzene rings is 1. The molecule has 0 radical (unpaired) electrons. The molecule has 1 N–H and O–H groups in total. The third-order valence-corrected chi connectivity index (χ3v) is 6.40. The van der Waals surface area contributed by atoms with Gasteiger partial charge in [0, 0.05) is 30.4 Å². The van der Waals surface area contributed by atoms with Crippen molar-refractivity contribution in [2.75, 3.05) is 19.7 Å². The van der Waals surface area contributed by atoms with E-state index in [1.54, 1.807) is 11.1 Å². The van der Waals surface area contributed by atoms with Gasteiger partial charge in [-0.3, -0.25) is 4.79 Å². The van der Waals surface area contributed by atoms with Gasteiger partial charge >= 0.3 is 6.09 Å². The van der Waals surface area contributed by atoms with E-state index in [1.165, 1.54) is 22.3 Å². The van der Waals surface area contributed by atoms with E-state index >= 15 is 0 Å². The molecule has 1 aliphatic heterocycles. The molecule has 6 heteroatoms. The van der Waals surface area contributed by atoms with E-state index < -0.39 is 0 Å². The van der Waals surface area contributed by atoms with Crippen molar-refractivity contribution in [1.29, 1.82) is 0 Å². The molecule has 1 saturated heterocycles. The Hall–Kier alpha value is -2.34. The van der Waals surface area contributed by atoms with E-state index in [0.717, 1.165) is 36.1 Å².